The van der Waals surface area contributed by atoms with E-state index in [1.54, 1.807) is 6.92 Å². The van der Waals surface area contributed by atoms with E-state index in [2.05, 4.69) is 10.6 Å². The average Bonchev–Trinajstić information content (AvgIpc) is 3.02. The van der Waals surface area contributed by atoms with Gasteiger partial charge in [0.15, 0.2) is 11.6 Å². The molecule has 0 aromatic heterocycles. The largest absolute Gasteiger partial charge is 0.501 e. The molecule has 1 unspecified atom stereocenters. The fourth-order valence-corrected chi connectivity index (χ4v) is 6.55. The van der Waals surface area contributed by atoms with Crippen LogP contribution >= 0.6 is 0 Å². The molecule has 48 heavy (non-hydrogen) atoms. The fraction of sp³-hybridized carbons (Fsp3) is 0.484. The first-order valence-electron chi connectivity index (χ1n) is 14.9. The molecule has 2 fully saturated rings. The minimum absolute atomic E-state index is 0.0865. The van der Waals surface area contributed by atoms with Crippen LogP contribution in [0.5, 0.6) is 11.5 Å². The van der Waals surface area contributed by atoms with E-state index in [1.807, 2.05) is 0 Å². The first-order chi connectivity index (χ1) is 22.4. The van der Waals surface area contributed by atoms with Gasteiger partial charge in [0.1, 0.15) is 5.75 Å². The molecule has 0 bridgehead atoms. The third kappa shape index (κ3) is 7.82. The number of ether oxygens (including phenoxy) is 2. The van der Waals surface area contributed by atoms with Crippen molar-refractivity contribution < 1.29 is 59.7 Å². The van der Waals surface area contributed by atoms with Gasteiger partial charge >= 0.3 is 11.5 Å². The Morgan fingerprint density at radius 2 is 1.71 bits per heavy atom. The van der Waals surface area contributed by atoms with Gasteiger partial charge in [0.2, 0.25) is 11.8 Å². The zero-order valence-electron chi connectivity index (χ0n) is 26.2. The first kappa shape index (κ1) is 36.4. The Hall–Kier alpha value is -4.41. The highest BCUT2D eigenvalue weighted by atomic mass is 32.2. The van der Waals surface area contributed by atoms with Gasteiger partial charge < -0.3 is 30.1 Å². The Morgan fingerprint density at radius 1 is 1.04 bits per heavy atom. The molecule has 2 atom stereocenters. The van der Waals surface area contributed by atoms with Crippen molar-refractivity contribution in [3.63, 3.8) is 0 Å². The highest BCUT2D eigenvalue weighted by molar-refractivity contribution is 7.92. The van der Waals surface area contributed by atoms with Gasteiger partial charge in [0.25, 0.3) is 15.7 Å². The zero-order chi connectivity index (χ0) is 35.6. The lowest BCUT2D eigenvalue weighted by Gasteiger charge is -2.37. The van der Waals surface area contributed by atoms with Crippen LogP contribution in [0.3, 0.4) is 0 Å². The molecule has 2 aromatic rings. The Labute approximate surface area is 273 Å². The number of hydrogen-bond acceptors (Lipinski definition) is 8. The molecule has 3 amide bonds. The van der Waals surface area contributed by atoms with Crippen molar-refractivity contribution in [2.24, 2.45) is 11.3 Å². The second kappa shape index (κ2) is 14.0. The van der Waals surface area contributed by atoms with Crippen molar-refractivity contribution in [3.05, 3.63) is 47.8 Å². The number of sulfone groups is 1. The minimum atomic E-state index is -5.70. The number of halogens is 4. The highest BCUT2D eigenvalue weighted by Crippen LogP contribution is 2.39. The van der Waals surface area contributed by atoms with Gasteiger partial charge in [-0.05, 0) is 63.3 Å². The number of aliphatic carboxylic acids is 1. The van der Waals surface area contributed by atoms with Crippen molar-refractivity contribution in [1.29, 1.82) is 0 Å². The molecule has 2 aliphatic rings. The van der Waals surface area contributed by atoms with Crippen molar-refractivity contribution in [3.8, 4) is 11.5 Å². The fourth-order valence-electron chi connectivity index (χ4n) is 5.74. The summed E-state index contributed by atoms with van der Waals surface area (Å²) in [5.41, 5.74) is -6.89. The molecule has 1 saturated heterocycles. The number of benzene rings is 2. The van der Waals surface area contributed by atoms with Crippen LogP contribution in [0.1, 0.15) is 56.3 Å². The lowest BCUT2D eigenvalue weighted by atomic mass is 9.75. The van der Waals surface area contributed by atoms with Crippen LogP contribution in [0.25, 0.3) is 0 Å². The van der Waals surface area contributed by atoms with E-state index in [0.29, 0.717) is 31.7 Å². The Bertz CT molecular complexity index is 1690. The number of rotatable bonds is 9. The molecular weight excluding hydrogens is 666 g/mol. The van der Waals surface area contributed by atoms with E-state index in [9.17, 15) is 45.9 Å². The molecule has 1 heterocycles. The number of likely N-dealkylation sites (tertiary alicyclic amines) is 1. The van der Waals surface area contributed by atoms with E-state index >= 15 is 4.39 Å². The lowest BCUT2D eigenvalue weighted by Crippen LogP contribution is -2.55. The smallest absolute Gasteiger partial charge is 0.496 e. The monoisotopic (exact) mass is 701 g/mol. The third-order valence-electron chi connectivity index (χ3n) is 8.77. The Balaban J connectivity index is 1.55. The molecule has 1 aliphatic carbocycles. The van der Waals surface area contributed by atoms with E-state index in [0.717, 1.165) is 24.3 Å². The summed E-state index contributed by atoms with van der Waals surface area (Å²) in [7, 11) is -4.49. The standard InChI is InChI=1S/C31H35F4N3O9S/c1-17(39)38-12-9-24(22(16-38)28(41)36-18-5-4-6-20(13-18)48(44,45)31(33,34)35)37-27(40)21-14-26(23(32)15-25(21)46-3)47-19-7-10-30(2,11-8-19)29(42)43/h4-6,13-15,19,22,24H,7-12,16H2,1-3H3,(H,36,41)(H,37,40)(H,42,43)/t19?,22?,24-,30?/m0/s1. The molecular formula is C31H35F4N3O9S. The van der Waals surface area contributed by atoms with Gasteiger partial charge in [-0.2, -0.15) is 13.2 Å². The Morgan fingerprint density at radius 3 is 2.29 bits per heavy atom. The van der Waals surface area contributed by atoms with Gasteiger partial charge in [-0.15, -0.1) is 0 Å². The number of methoxy groups -OCH3 is 1. The highest BCUT2D eigenvalue weighted by Gasteiger charge is 2.47. The summed E-state index contributed by atoms with van der Waals surface area (Å²) in [6, 6.07) is 4.76. The van der Waals surface area contributed by atoms with Gasteiger partial charge in [-0.1, -0.05) is 6.07 Å². The maximum absolute atomic E-state index is 15.0. The summed E-state index contributed by atoms with van der Waals surface area (Å²) >= 11 is 0. The maximum atomic E-state index is 15.0. The maximum Gasteiger partial charge on any atom is 0.501 e. The van der Waals surface area contributed by atoms with Gasteiger partial charge in [0, 0.05) is 37.8 Å². The summed E-state index contributed by atoms with van der Waals surface area (Å²) in [4.78, 5) is 51.0. The molecule has 262 valence electrons. The van der Waals surface area contributed by atoms with Crippen LogP contribution in [-0.2, 0) is 24.2 Å². The van der Waals surface area contributed by atoms with Crippen molar-refractivity contribution >= 4 is 39.2 Å². The Kier molecular flexibility index (Phi) is 10.6. The summed E-state index contributed by atoms with van der Waals surface area (Å²) in [6.45, 7) is 2.87. The molecule has 0 spiro atoms. The topological polar surface area (TPSA) is 168 Å². The van der Waals surface area contributed by atoms with Gasteiger partial charge in [0.05, 0.1) is 35.0 Å². The summed E-state index contributed by atoms with van der Waals surface area (Å²) in [6.07, 6.45) is 0.873. The molecule has 3 N–H and O–H groups in total. The minimum Gasteiger partial charge on any atom is -0.496 e. The van der Waals surface area contributed by atoms with E-state index in [1.165, 1.54) is 25.0 Å². The predicted octanol–water partition coefficient (Wildman–Crippen LogP) is 4.15. The van der Waals surface area contributed by atoms with Crippen LogP contribution in [0.4, 0.5) is 23.2 Å². The number of anilines is 1. The molecule has 1 saturated carbocycles. The van der Waals surface area contributed by atoms with Crippen LogP contribution < -0.4 is 20.1 Å². The third-order valence-corrected chi connectivity index (χ3v) is 10.3. The second-order valence-corrected chi connectivity index (χ2v) is 14.0. The number of carbonyl (C=O) groups is 4. The van der Waals surface area contributed by atoms with Crippen molar-refractivity contribution in [2.45, 2.75) is 68.5 Å². The number of nitrogens with zero attached hydrogens (tertiary/aromatic N) is 1. The number of amides is 3. The summed E-state index contributed by atoms with van der Waals surface area (Å²) in [5, 5.41) is 14.6. The van der Waals surface area contributed by atoms with E-state index < -0.39 is 67.3 Å². The van der Waals surface area contributed by atoms with E-state index in [-0.39, 0.29) is 48.2 Å². The molecule has 0 radical (unpaired) electrons. The van der Waals surface area contributed by atoms with Crippen LogP contribution in [0.15, 0.2) is 41.3 Å². The number of hydrogen-bond donors (Lipinski definition) is 3. The molecule has 1 aliphatic heterocycles. The van der Waals surface area contributed by atoms with Crippen LogP contribution in [0.2, 0.25) is 0 Å². The van der Waals surface area contributed by atoms with Crippen molar-refractivity contribution in [1.82, 2.24) is 10.2 Å². The lowest BCUT2D eigenvalue weighted by molar-refractivity contribution is -0.150. The summed E-state index contributed by atoms with van der Waals surface area (Å²) in [5.74, 6) is -5.27. The van der Waals surface area contributed by atoms with Gasteiger partial charge in [-0.3, -0.25) is 19.2 Å². The first-order valence-corrected chi connectivity index (χ1v) is 16.4. The number of piperidine rings is 1. The quantitative estimate of drug-likeness (QED) is 0.326. The number of carboxylic acids is 1. The normalized spacial score (nSPS) is 23.1. The van der Waals surface area contributed by atoms with Crippen LogP contribution in [0, 0.1) is 17.2 Å². The van der Waals surface area contributed by atoms with Gasteiger partial charge in [-0.25, -0.2) is 12.8 Å². The predicted molar refractivity (Wildman–Crippen MR) is 162 cm³/mol. The number of carbonyl (C=O) groups excluding carboxylic acids is 3. The summed E-state index contributed by atoms with van der Waals surface area (Å²) < 4.78 is 89.1. The molecule has 4 rings (SSSR count). The molecule has 17 heteroatoms. The molecule has 12 nitrogen and oxygen atoms in total. The number of carboxylic acid groups (broad SMARTS) is 1. The number of nitrogens with one attached hydrogen (secondary N) is 2. The van der Waals surface area contributed by atoms with Crippen molar-refractivity contribution in [2.75, 3.05) is 25.5 Å². The number of alkyl halides is 3. The second-order valence-electron chi connectivity index (χ2n) is 12.1. The SMILES string of the molecule is COc1cc(F)c(OC2CCC(C)(C(=O)O)CC2)cc1C(=O)N[C@H]1CCN(C(C)=O)CC1C(=O)Nc1cccc(S(=O)(=O)C(F)(F)F)c1. The zero-order valence-corrected chi connectivity index (χ0v) is 27.0. The average molecular weight is 702 g/mol. The molecule has 2 aromatic carbocycles. The van der Waals surface area contributed by atoms with Crippen LogP contribution in [-0.4, -0.2) is 80.0 Å². The van der Waals surface area contributed by atoms with E-state index in [4.69, 9.17) is 9.47 Å².